The molecule has 2 aliphatic rings. The number of carbonyl (C=O) groups is 2. The number of anilines is 1. The van der Waals surface area contributed by atoms with Crippen LogP contribution in [-0.4, -0.2) is 80.2 Å². The number of aliphatic hydroxyl groups is 1. The Morgan fingerprint density at radius 1 is 1.35 bits per heavy atom. The van der Waals surface area contributed by atoms with Crippen LogP contribution in [0.4, 0.5) is 14.9 Å². The molecule has 4 atom stereocenters. The lowest BCUT2D eigenvalue weighted by molar-refractivity contribution is -0.000736. The van der Waals surface area contributed by atoms with Gasteiger partial charge in [0.25, 0.3) is 5.91 Å². The van der Waals surface area contributed by atoms with Crippen molar-refractivity contribution < 1.29 is 23.8 Å². The molecular weight excluding hydrogens is 517 g/mol. The average molecular weight is 550 g/mol. The minimum Gasteiger partial charge on any atom is -0.448 e. The van der Waals surface area contributed by atoms with E-state index in [2.05, 4.69) is 16.2 Å². The molecule has 3 aromatic heterocycles. The van der Waals surface area contributed by atoms with Crippen molar-refractivity contribution in [2.24, 2.45) is 5.73 Å². The van der Waals surface area contributed by atoms with Crippen LogP contribution in [0.25, 0.3) is 5.52 Å². The zero-order chi connectivity index (χ0) is 28.6. The topological polar surface area (TPSA) is 150 Å². The molecule has 1 aliphatic carbocycles. The van der Waals surface area contributed by atoms with Gasteiger partial charge in [0.15, 0.2) is 0 Å². The number of hydrogen-bond acceptors (Lipinski definition) is 8. The zero-order valence-corrected chi connectivity index (χ0v) is 22.4. The number of rotatable bonds is 8. The summed E-state index contributed by atoms with van der Waals surface area (Å²) < 4.78 is 22.5. The number of primary amides is 1. The van der Waals surface area contributed by atoms with Crippen LogP contribution in [-0.2, 0) is 4.74 Å². The molecule has 11 nitrogen and oxygen atoms in total. The average Bonchev–Trinajstić information content (AvgIpc) is 3.56. The highest BCUT2D eigenvalue weighted by Gasteiger charge is 2.43. The van der Waals surface area contributed by atoms with Crippen molar-refractivity contribution in [3.63, 3.8) is 0 Å². The Balaban J connectivity index is 1.57. The summed E-state index contributed by atoms with van der Waals surface area (Å²) >= 11 is 0. The molecule has 40 heavy (non-hydrogen) atoms. The van der Waals surface area contributed by atoms with Crippen LogP contribution in [0.15, 0.2) is 42.9 Å². The third kappa shape index (κ3) is 5.16. The van der Waals surface area contributed by atoms with Gasteiger partial charge in [-0.3, -0.25) is 9.78 Å². The summed E-state index contributed by atoms with van der Waals surface area (Å²) in [4.78, 5) is 32.5. The summed E-state index contributed by atoms with van der Waals surface area (Å²) in [6.45, 7) is 3.41. The summed E-state index contributed by atoms with van der Waals surface area (Å²) in [5.74, 6) is -0.916. The maximum absolute atomic E-state index is 15.4. The number of pyridine rings is 1. The number of nitrogens with zero attached hydrogens (tertiary/aromatic N) is 6. The fourth-order valence-corrected chi connectivity index (χ4v) is 5.84. The first-order chi connectivity index (χ1) is 19.1. The van der Waals surface area contributed by atoms with E-state index in [0.29, 0.717) is 43.7 Å². The van der Waals surface area contributed by atoms with Crippen LogP contribution in [0.5, 0.6) is 0 Å². The van der Waals surface area contributed by atoms with Gasteiger partial charge in [0.1, 0.15) is 18.8 Å². The highest BCUT2D eigenvalue weighted by molar-refractivity contribution is 5.98. The first kappa shape index (κ1) is 27.3. The van der Waals surface area contributed by atoms with Gasteiger partial charge < -0.3 is 25.4 Å². The van der Waals surface area contributed by atoms with E-state index in [9.17, 15) is 20.0 Å². The molecule has 0 radical (unpaired) electrons. The van der Waals surface area contributed by atoms with E-state index in [0.717, 1.165) is 11.2 Å². The van der Waals surface area contributed by atoms with Crippen molar-refractivity contribution in [3.05, 3.63) is 59.7 Å². The quantitative estimate of drug-likeness (QED) is 0.436. The Kier molecular flexibility index (Phi) is 7.33. The molecule has 4 heterocycles. The standard InChI is InChI=1S/C28H32FN7O4/c1-28(2,39)25(29)16-35(23-7-8-32-15-21(23)26(31)37)18-3-5-22(34-9-10-40-27(34)38)20(12-18)24-6-4-19-11-17(13-30)14-33-36(19)24/h4,6-8,11,14-15,18,20,22,25,39H,3,5,9-10,12,16H2,1-2H3,(H2,31,37)/t18-,20-,22-,25-/m1/s1. The molecule has 0 aromatic carbocycles. The largest absolute Gasteiger partial charge is 0.448 e. The van der Waals surface area contributed by atoms with E-state index in [-0.39, 0.29) is 36.2 Å². The van der Waals surface area contributed by atoms with E-state index in [1.165, 1.54) is 32.4 Å². The molecule has 3 aromatic rings. The molecule has 1 saturated heterocycles. The number of hydrogen-bond donors (Lipinski definition) is 2. The molecular formula is C28H32FN7O4. The van der Waals surface area contributed by atoms with Crippen molar-refractivity contribution >= 4 is 23.2 Å². The summed E-state index contributed by atoms with van der Waals surface area (Å²) in [7, 11) is 0. The monoisotopic (exact) mass is 549 g/mol. The minimum atomic E-state index is -1.63. The van der Waals surface area contributed by atoms with Gasteiger partial charge in [0.05, 0.1) is 47.2 Å². The normalized spacial score (nSPS) is 22.1. The lowest BCUT2D eigenvalue weighted by atomic mass is 9.78. The maximum Gasteiger partial charge on any atom is 0.410 e. The predicted molar refractivity (Wildman–Crippen MR) is 143 cm³/mol. The van der Waals surface area contributed by atoms with E-state index in [1.54, 1.807) is 26.4 Å². The molecule has 0 bridgehead atoms. The van der Waals surface area contributed by atoms with Gasteiger partial charge in [-0.25, -0.2) is 13.7 Å². The van der Waals surface area contributed by atoms with Gasteiger partial charge in [-0.1, -0.05) is 0 Å². The predicted octanol–water partition coefficient (Wildman–Crippen LogP) is 2.77. The van der Waals surface area contributed by atoms with Gasteiger partial charge >= 0.3 is 6.09 Å². The number of amides is 2. The molecule has 2 amide bonds. The zero-order valence-electron chi connectivity index (χ0n) is 22.4. The molecule has 210 valence electrons. The first-order valence-corrected chi connectivity index (χ1v) is 13.3. The lowest BCUT2D eigenvalue weighted by Crippen LogP contribution is -2.52. The number of nitrogens with two attached hydrogens (primary N) is 1. The molecule has 2 fully saturated rings. The summed E-state index contributed by atoms with van der Waals surface area (Å²) in [5.41, 5.74) is 6.67. The molecule has 1 aliphatic heterocycles. The minimum absolute atomic E-state index is 0.158. The number of cyclic esters (lactones) is 1. The number of fused-ring (bicyclic) bond motifs is 1. The third-order valence-corrected chi connectivity index (χ3v) is 7.95. The number of alkyl halides is 1. The lowest BCUT2D eigenvalue weighted by Gasteiger charge is -2.45. The fourth-order valence-electron chi connectivity index (χ4n) is 5.84. The first-order valence-electron chi connectivity index (χ1n) is 13.3. The van der Waals surface area contributed by atoms with Crippen LogP contribution in [0.2, 0.25) is 0 Å². The second-order valence-electron chi connectivity index (χ2n) is 10.9. The Morgan fingerprint density at radius 2 is 2.15 bits per heavy atom. The molecule has 0 unspecified atom stereocenters. The van der Waals surface area contributed by atoms with Gasteiger partial charge in [-0.2, -0.15) is 10.4 Å². The Morgan fingerprint density at radius 3 is 2.83 bits per heavy atom. The second kappa shape index (κ2) is 10.7. The van der Waals surface area contributed by atoms with E-state index in [1.807, 2.05) is 12.1 Å². The number of nitriles is 1. The summed E-state index contributed by atoms with van der Waals surface area (Å²) in [5, 5.41) is 24.2. The molecule has 5 rings (SSSR count). The van der Waals surface area contributed by atoms with Crippen molar-refractivity contribution in [3.8, 4) is 6.07 Å². The van der Waals surface area contributed by atoms with Crippen LogP contribution >= 0.6 is 0 Å². The van der Waals surface area contributed by atoms with E-state index >= 15 is 4.39 Å². The van der Waals surface area contributed by atoms with Crippen molar-refractivity contribution in [2.75, 3.05) is 24.6 Å². The van der Waals surface area contributed by atoms with Gasteiger partial charge in [0, 0.05) is 36.1 Å². The molecule has 12 heteroatoms. The summed E-state index contributed by atoms with van der Waals surface area (Å²) in [6.07, 6.45) is 4.03. The van der Waals surface area contributed by atoms with Crippen molar-refractivity contribution in [1.29, 1.82) is 5.26 Å². The van der Waals surface area contributed by atoms with Crippen molar-refractivity contribution in [2.45, 2.75) is 62.9 Å². The second-order valence-corrected chi connectivity index (χ2v) is 10.9. The van der Waals surface area contributed by atoms with Gasteiger partial charge in [-0.05, 0) is 57.4 Å². The number of halogens is 1. The van der Waals surface area contributed by atoms with Crippen LogP contribution < -0.4 is 10.6 Å². The maximum atomic E-state index is 15.4. The number of ether oxygens (including phenoxy) is 1. The smallest absolute Gasteiger partial charge is 0.410 e. The van der Waals surface area contributed by atoms with Crippen LogP contribution in [0.1, 0.15) is 60.6 Å². The van der Waals surface area contributed by atoms with E-state index in [4.69, 9.17) is 10.5 Å². The van der Waals surface area contributed by atoms with Gasteiger partial charge in [0.2, 0.25) is 0 Å². The SMILES string of the molecule is CC(C)(O)[C@H](F)CN(c1ccncc1C(N)=O)[C@@H]1CC[C@@H](N2CCOC2=O)[C@H](c2ccc3cc(C#N)cnn23)C1. The van der Waals surface area contributed by atoms with Crippen LogP contribution in [0, 0.1) is 11.3 Å². The Labute approximate surface area is 230 Å². The number of aromatic nitrogens is 3. The fraction of sp³-hybridized carbons (Fsp3) is 0.464. The van der Waals surface area contributed by atoms with E-state index < -0.39 is 17.7 Å². The third-order valence-electron chi connectivity index (χ3n) is 7.95. The highest BCUT2D eigenvalue weighted by atomic mass is 19.1. The van der Waals surface area contributed by atoms with Gasteiger partial charge in [-0.15, -0.1) is 0 Å². The molecule has 3 N–H and O–H groups in total. The number of carbonyl (C=O) groups excluding carboxylic acids is 2. The Bertz CT molecular complexity index is 1460. The summed E-state index contributed by atoms with van der Waals surface area (Å²) in [6, 6.07) is 8.82. The molecule has 1 saturated carbocycles. The Hall–Kier alpha value is -4.24. The highest BCUT2D eigenvalue weighted by Crippen LogP contribution is 2.41. The molecule has 0 spiro atoms. The van der Waals surface area contributed by atoms with Crippen molar-refractivity contribution in [1.82, 2.24) is 19.5 Å². The van der Waals surface area contributed by atoms with Crippen LogP contribution in [0.3, 0.4) is 0 Å².